The van der Waals surface area contributed by atoms with E-state index in [1.165, 1.54) is 37.5 Å². The van der Waals surface area contributed by atoms with Crippen LogP contribution in [0.25, 0.3) is 12.2 Å². The van der Waals surface area contributed by atoms with Crippen molar-refractivity contribution in [3.05, 3.63) is 83.0 Å². The van der Waals surface area contributed by atoms with E-state index in [1.807, 2.05) is 6.07 Å². The lowest BCUT2D eigenvalue weighted by Crippen LogP contribution is -2.05. The smallest absolute Gasteiger partial charge is 0.336 e. The van der Waals surface area contributed by atoms with Crippen molar-refractivity contribution in [3.8, 4) is 23.0 Å². The summed E-state index contributed by atoms with van der Waals surface area (Å²) in [6.07, 6.45) is 12.1. The number of carbonyl (C=O) groups excluding carboxylic acids is 2. The van der Waals surface area contributed by atoms with Gasteiger partial charge in [-0.1, -0.05) is 29.4 Å². The lowest BCUT2D eigenvalue weighted by molar-refractivity contribution is -0.134. The molecule has 7 nitrogen and oxygen atoms in total. The molecule has 0 aliphatic carbocycles. The van der Waals surface area contributed by atoms with E-state index in [-0.39, 0.29) is 5.75 Å². The maximum atomic E-state index is 12.4. The van der Waals surface area contributed by atoms with Crippen LogP contribution in [0, 0.1) is 0 Å². The molecule has 0 spiro atoms. The predicted octanol–water partition coefficient (Wildman–Crippen LogP) is 6.58. The molecule has 0 atom stereocenters. The SMILES string of the molecule is COC(=O)/C=C/c1ccc(OC(=O)/C=C/c2ccc(OC/C=C(\C)CCC=C(C)C)c(OC)c2)c(OC)c1. The number of allylic oxidation sites excluding steroid dienone is 3. The molecule has 0 aliphatic rings. The summed E-state index contributed by atoms with van der Waals surface area (Å²) < 4.78 is 26.7. The highest BCUT2D eigenvalue weighted by atomic mass is 16.6. The van der Waals surface area contributed by atoms with Crippen molar-refractivity contribution >= 4 is 24.1 Å². The summed E-state index contributed by atoms with van der Waals surface area (Å²) in [5, 5.41) is 0. The third kappa shape index (κ3) is 10.4. The summed E-state index contributed by atoms with van der Waals surface area (Å²) in [5.41, 5.74) is 4.02. The second-order valence-corrected chi connectivity index (χ2v) is 8.61. The van der Waals surface area contributed by atoms with Crippen LogP contribution >= 0.6 is 0 Å². The highest BCUT2D eigenvalue weighted by molar-refractivity contribution is 5.89. The van der Waals surface area contributed by atoms with Gasteiger partial charge in [-0.25, -0.2) is 9.59 Å². The Kier molecular flexibility index (Phi) is 12.4. The minimum Gasteiger partial charge on any atom is -0.493 e. The Labute approximate surface area is 225 Å². The molecule has 2 aromatic carbocycles. The molecule has 0 fully saturated rings. The van der Waals surface area contributed by atoms with Gasteiger partial charge in [-0.15, -0.1) is 0 Å². The molecule has 0 saturated carbocycles. The van der Waals surface area contributed by atoms with Crippen LogP contribution in [0.4, 0.5) is 0 Å². The molecule has 38 heavy (non-hydrogen) atoms. The number of hydrogen-bond acceptors (Lipinski definition) is 7. The lowest BCUT2D eigenvalue weighted by Gasteiger charge is -2.11. The Balaban J connectivity index is 2.00. The summed E-state index contributed by atoms with van der Waals surface area (Å²) in [4.78, 5) is 23.7. The van der Waals surface area contributed by atoms with Crippen molar-refractivity contribution in [2.75, 3.05) is 27.9 Å². The van der Waals surface area contributed by atoms with E-state index in [1.54, 1.807) is 49.6 Å². The van der Waals surface area contributed by atoms with Crippen LogP contribution in [0.3, 0.4) is 0 Å². The molecule has 0 radical (unpaired) electrons. The molecule has 0 aliphatic heterocycles. The molecule has 2 rings (SSSR count). The van der Waals surface area contributed by atoms with E-state index < -0.39 is 11.9 Å². The summed E-state index contributed by atoms with van der Waals surface area (Å²) in [5.74, 6) is 0.735. The van der Waals surface area contributed by atoms with Crippen LogP contribution in [-0.4, -0.2) is 39.9 Å². The Hall–Kier alpha value is -4.26. The second kappa shape index (κ2) is 15.8. The molecule has 0 unspecified atom stereocenters. The first-order valence-corrected chi connectivity index (χ1v) is 12.2. The molecule has 0 bridgehead atoms. The topological polar surface area (TPSA) is 80.3 Å². The average molecular weight is 521 g/mol. The van der Waals surface area contributed by atoms with Crippen molar-refractivity contribution < 1.29 is 33.3 Å². The van der Waals surface area contributed by atoms with Crippen molar-refractivity contribution in [3.63, 3.8) is 0 Å². The van der Waals surface area contributed by atoms with Gasteiger partial charge in [0, 0.05) is 12.2 Å². The van der Waals surface area contributed by atoms with Gasteiger partial charge >= 0.3 is 11.9 Å². The largest absolute Gasteiger partial charge is 0.493 e. The zero-order chi connectivity index (χ0) is 27.9. The van der Waals surface area contributed by atoms with Crippen LogP contribution in [0.15, 0.2) is 71.8 Å². The van der Waals surface area contributed by atoms with Gasteiger partial charge in [0.2, 0.25) is 0 Å². The maximum absolute atomic E-state index is 12.4. The molecule has 0 saturated heterocycles. The summed E-state index contributed by atoms with van der Waals surface area (Å²) in [7, 11) is 4.34. The van der Waals surface area contributed by atoms with Crippen molar-refractivity contribution in [1.29, 1.82) is 0 Å². The first-order chi connectivity index (χ1) is 18.2. The van der Waals surface area contributed by atoms with Crippen LogP contribution in [0.2, 0.25) is 0 Å². The number of carbonyl (C=O) groups is 2. The van der Waals surface area contributed by atoms with Crippen LogP contribution in [0.1, 0.15) is 44.7 Å². The summed E-state index contributed by atoms with van der Waals surface area (Å²) in [6.45, 7) is 6.74. The summed E-state index contributed by atoms with van der Waals surface area (Å²) in [6, 6.07) is 10.4. The minimum atomic E-state index is -0.575. The minimum absolute atomic E-state index is 0.253. The van der Waals surface area contributed by atoms with Crippen LogP contribution < -0.4 is 18.9 Å². The fraction of sp³-hybridized carbons (Fsp3) is 0.290. The molecular weight excluding hydrogens is 484 g/mol. The molecule has 0 N–H and O–H groups in total. The van der Waals surface area contributed by atoms with E-state index in [2.05, 4.69) is 37.7 Å². The standard InChI is InChI=1S/C31H36O7/c1-22(2)8-7-9-23(3)18-19-37-26-14-10-24(20-28(26)34-4)13-17-31(33)38-27-15-11-25(21-29(27)35-5)12-16-30(32)36-6/h8,10-18,20-21H,7,9,19H2,1-6H3/b16-12+,17-13+,23-18+. The van der Waals surface area contributed by atoms with Crippen molar-refractivity contribution in [1.82, 2.24) is 0 Å². The third-order valence-electron chi connectivity index (χ3n) is 5.37. The van der Waals surface area contributed by atoms with Gasteiger partial charge in [0.05, 0.1) is 21.3 Å². The maximum Gasteiger partial charge on any atom is 0.336 e. The van der Waals surface area contributed by atoms with Gasteiger partial charge in [0.25, 0.3) is 0 Å². The fourth-order valence-corrected chi connectivity index (χ4v) is 3.28. The molecule has 0 aromatic heterocycles. The third-order valence-corrected chi connectivity index (χ3v) is 5.37. The molecule has 202 valence electrons. The Morgan fingerprint density at radius 3 is 1.89 bits per heavy atom. The average Bonchev–Trinajstić information content (AvgIpc) is 2.91. The summed E-state index contributed by atoms with van der Waals surface area (Å²) >= 11 is 0. The monoisotopic (exact) mass is 520 g/mol. The van der Waals surface area contributed by atoms with E-state index in [9.17, 15) is 9.59 Å². The number of hydrogen-bond donors (Lipinski definition) is 0. The Morgan fingerprint density at radius 1 is 0.737 bits per heavy atom. The van der Waals surface area contributed by atoms with Crippen molar-refractivity contribution in [2.45, 2.75) is 33.6 Å². The quantitative estimate of drug-likeness (QED) is 0.128. The number of rotatable bonds is 13. The first-order valence-electron chi connectivity index (χ1n) is 12.2. The number of ether oxygens (including phenoxy) is 5. The molecule has 0 heterocycles. The number of methoxy groups -OCH3 is 3. The highest BCUT2D eigenvalue weighted by Gasteiger charge is 2.10. The highest BCUT2D eigenvalue weighted by Crippen LogP contribution is 2.30. The fourth-order valence-electron chi connectivity index (χ4n) is 3.28. The van der Waals surface area contributed by atoms with Gasteiger partial charge in [0.15, 0.2) is 23.0 Å². The first kappa shape index (κ1) is 30.0. The zero-order valence-electron chi connectivity index (χ0n) is 22.9. The zero-order valence-corrected chi connectivity index (χ0v) is 22.9. The Morgan fingerprint density at radius 2 is 1.32 bits per heavy atom. The molecule has 2 aromatic rings. The van der Waals surface area contributed by atoms with E-state index in [0.717, 1.165) is 18.4 Å². The number of benzene rings is 2. The second-order valence-electron chi connectivity index (χ2n) is 8.61. The van der Waals surface area contributed by atoms with Crippen LogP contribution in [-0.2, 0) is 14.3 Å². The van der Waals surface area contributed by atoms with Gasteiger partial charge < -0.3 is 23.7 Å². The van der Waals surface area contributed by atoms with Gasteiger partial charge in [-0.3, -0.25) is 0 Å². The lowest BCUT2D eigenvalue weighted by atomic mass is 10.1. The van der Waals surface area contributed by atoms with E-state index in [4.69, 9.17) is 18.9 Å². The predicted molar refractivity (Wildman–Crippen MR) is 150 cm³/mol. The van der Waals surface area contributed by atoms with Gasteiger partial charge in [0.1, 0.15) is 6.61 Å². The van der Waals surface area contributed by atoms with Gasteiger partial charge in [-0.05, 0) is 87.2 Å². The van der Waals surface area contributed by atoms with E-state index in [0.29, 0.717) is 29.4 Å². The van der Waals surface area contributed by atoms with E-state index >= 15 is 0 Å². The van der Waals surface area contributed by atoms with Gasteiger partial charge in [-0.2, -0.15) is 0 Å². The molecule has 0 amide bonds. The molecular formula is C31H36O7. The normalized spacial score (nSPS) is 11.4. The Bertz CT molecular complexity index is 1210. The van der Waals surface area contributed by atoms with Crippen molar-refractivity contribution in [2.24, 2.45) is 0 Å². The van der Waals surface area contributed by atoms with Crippen LogP contribution in [0.5, 0.6) is 23.0 Å². The molecule has 7 heteroatoms. The number of esters is 2.